The first-order chi connectivity index (χ1) is 4.34. The number of aliphatic hydroxyl groups excluding tert-OH is 1. The molecule has 0 aromatic rings. The minimum atomic E-state index is -0.219. The lowest BCUT2D eigenvalue weighted by Crippen LogP contribution is -2.45. The molecule has 0 unspecified atom stereocenters. The molecule has 1 rings (SSSR count). The number of aliphatic hydroxyl groups is 1. The van der Waals surface area contributed by atoms with Crippen LogP contribution in [0.1, 0.15) is 6.42 Å². The van der Waals surface area contributed by atoms with Crippen molar-refractivity contribution in [1.82, 2.24) is 5.32 Å². The van der Waals surface area contributed by atoms with Gasteiger partial charge in [-0.25, -0.2) is 0 Å². The van der Waals surface area contributed by atoms with Crippen molar-refractivity contribution in [2.75, 3.05) is 20.3 Å². The summed E-state index contributed by atoms with van der Waals surface area (Å²) in [5.74, 6) is 0. The van der Waals surface area contributed by atoms with Crippen molar-refractivity contribution in [3.63, 3.8) is 0 Å². The van der Waals surface area contributed by atoms with Gasteiger partial charge >= 0.3 is 0 Å². The highest BCUT2D eigenvalue weighted by Crippen LogP contribution is 2.05. The van der Waals surface area contributed by atoms with Crippen molar-refractivity contribution >= 4 is 0 Å². The van der Waals surface area contributed by atoms with E-state index >= 15 is 0 Å². The van der Waals surface area contributed by atoms with Crippen molar-refractivity contribution in [1.29, 1.82) is 0 Å². The molecule has 0 aliphatic carbocycles. The molecule has 0 saturated carbocycles. The third-order valence-electron chi connectivity index (χ3n) is 1.69. The summed E-state index contributed by atoms with van der Waals surface area (Å²) in [4.78, 5) is 0. The molecule has 1 aliphatic heterocycles. The van der Waals surface area contributed by atoms with Crippen molar-refractivity contribution in [2.45, 2.75) is 18.6 Å². The minimum absolute atomic E-state index is 0.138. The summed E-state index contributed by atoms with van der Waals surface area (Å²) in [5.41, 5.74) is 0. The molecule has 3 heteroatoms. The number of hydrogen-bond acceptors (Lipinski definition) is 3. The first kappa shape index (κ1) is 6.99. The van der Waals surface area contributed by atoms with Gasteiger partial charge in [0.25, 0.3) is 0 Å². The molecule has 1 aliphatic rings. The molecule has 0 spiro atoms. The van der Waals surface area contributed by atoms with Gasteiger partial charge in [0.15, 0.2) is 0 Å². The van der Waals surface area contributed by atoms with Crippen LogP contribution in [0.2, 0.25) is 0 Å². The third kappa shape index (κ3) is 1.64. The van der Waals surface area contributed by atoms with Crippen LogP contribution in [0.15, 0.2) is 0 Å². The van der Waals surface area contributed by atoms with Gasteiger partial charge in [-0.3, -0.25) is 0 Å². The van der Waals surface area contributed by atoms with Gasteiger partial charge in [0.2, 0.25) is 0 Å². The molecular weight excluding hydrogens is 118 g/mol. The maximum absolute atomic E-state index is 9.23. The Balaban J connectivity index is 2.30. The second-order valence-electron chi connectivity index (χ2n) is 2.33. The van der Waals surface area contributed by atoms with E-state index in [4.69, 9.17) is 4.74 Å². The molecule has 0 bridgehead atoms. The Morgan fingerprint density at radius 1 is 1.67 bits per heavy atom. The number of rotatable bonds is 1. The van der Waals surface area contributed by atoms with Crippen LogP contribution < -0.4 is 5.32 Å². The second-order valence-corrected chi connectivity index (χ2v) is 2.33. The first-order valence-corrected chi connectivity index (χ1v) is 3.27. The topological polar surface area (TPSA) is 41.5 Å². The fourth-order valence-electron chi connectivity index (χ4n) is 1.00. The number of hydrogen-bond donors (Lipinski definition) is 2. The van der Waals surface area contributed by atoms with E-state index in [2.05, 4.69) is 5.32 Å². The predicted octanol–water partition coefficient (Wildman–Crippen LogP) is -0.644. The largest absolute Gasteiger partial charge is 0.391 e. The van der Waals surface area contributed by atoms with Crippen LogP contribution in [0.3, 0.4) is 0 Å². The van der Waals surface area contributed by atoms with E-state index in [0.717, 1.165) is 6.42 Å². The summed E-state index contributed by atoms with van der Waals surface area (Å²) in [7, 11) is 1.84. The Kier molecular flexibility index (Phi) is 2.45. The lowest BCUT2D eigenvalue weighted by Gasteiger charge is -2.26. The Morgan fingerprint density at radius 3 is 2.89 bits per heavy atom. The van der Waals surface area contributed by atoms with Gasteiger partial charge in [0.1, 0.15) is 0 Å². The molecular formula is C6H13NO2. The van der Waals surface area contributed by atoms with Crippen LogP contribution in [0.5, 0.6) is 0 Å². The maximum Gasteiger partial charge on any atom is 0.0737 e. The fourth-order valence-corrected chi connectivity index (χ4v) is 1.00. The van der Waals surface area contributed by atoms with Crippen LogP contribution in [0.25, 0.3) is 0 Å². The average Bonchev–Trinajstić information content (AvgIpc) is 1.89. The van der Waals surface area contributed by atoms with E-state index in [0.29, 0.717) is 13.2 Å². The number of nitrogens with one attached hydrogen (secondary N) is 1. The van der Waals surface area contributed by atoms with Gasteiger partial charge in [-0.2, -0.15) is 0 Å². The summed E-state index contributed by atoms with van der Waals surface area (Å²) in [5, 5.41) is 12.2. The lowest BCUT2D eigenvalue weighted by molar-refractivity contribution is -0.0130. The highest BCUT2D eigenvalue weighted by atomic mass is 16.5. The van der Waals surface area contributed by atoms with E-state index < -0.39 is 0 Å². The quantitative estimate of drug-likeness (QED) is 0.497. The molecule has 54 valence electrons. The highest BCUT2D eigenvalue weighted by molar-refractivity contribution is 4.76. The molecule has 0 aromatic carbocycles. The molecule has 0 amide bonds. The monoisotopic (exact) mass is 131 g/mol. The van der Waals surface area contributed by atoms with Gasteiger partial charge in [-0.15, -0.1) is 0 Å². The molecule has 0 radical (unpaired) electrons. The zero-order chi connectivity index (χ0) is 6.69. The SMILES string of the molecule is CN[C@H]1COCC[C@H]1O. The molecule has 2 atom stereocenters. The molecule has 0 aromatic heterocycles. The minimum Gasteiger partial charge on any atom is -0.391 e. The van der Waals surface area contributed by atoms with Crippen LogP contribution >= 0.6 is 0 Å². The van der Waals surface area contributed by atoms with Crippen molar-refractivity contribution in [2.24, 2.45) is 0 Å². The van der Waals surface area contributed by atoms with Crippen molar-refractivity contribution in [3.8, 4) is 0 Å². The molecule has 1 saturated heterocycles. The molecule has 2 N–H and O–H groups in total. The lowest BCUT2D eigenvalue weighted by atomic mass is 10.1. The summed E-state index contributed by atoms with van der Waals surface area (Å²) >= 11 is 0. The van der Waals surface area contributed by atoms with E-state index in [9.17, 15) is 5.11 Å². The van der Waals surface area contributed by atoms with Gasteiger partial charge in [-0.1, -0.05) is 0 Å². The zero-order valence-electron chi connectivity index (χ0n) is 5.63. The molecule has 3 nitrogen and oxygen atoms in total. The van der Waals surface area contributed by atoms with Gasteiger partial charge in [0, 0.05) is 6.61 Å². The summed E-state index contributed by atoms with van der Waals surface area (Å²) < 4.78 is 5.12. The molecule has 1 heterocycles. The summed E-state index contributed by atoms with van der Waals surface area (Å²) in [6.07, 6.45) is 0.537. The predicted molar refractivity (Wildman–Crippen MR) is 34.3 cm³/mol. The van der Waals surface area contributed by atoms with E-state index in [1.165, 1.54) is 0 Å². The Labute approximate surface area is 55.0 Å². The van der Waals surface area contributed by atoms with E-state index in [1.54, 1.807) is 0 Å². The van der Waals surface area contributed by atoms with Crippen LogP contribution in [0.4, 0.5) is 0 Å². The van der Waals surface area contributed by atoms with Crippen LogP contribution in [-0.4, -0.2) is 37.5 Å². The highest BCUT2D eigenvalue weighted by Gasteiger charge is 2.21. The number of likely N-dealkylation sites (N-methyl/N-ethyl adjacent to an activating group) is 1. The van der Waals surface area contributed by atoms with Gasteiger partial charge in [-0.05, 0) is 13.5 Å². The zero-order valence-corrected chi connectivity index (χ0v) is 5.63. The first-order valence-electron chi connectivity index (χ1n) is 3.27. The fraction of sp³-hybridized carbons (Fsp3) is 1.00. The van der Waals surface area contributed by atoms with E-state index in [1.807, 2.05) is 7.05 Å². The second kappa shape index (κ2) is 3.15. The smallest absolute Gasteiger partial charge is 0.0737 e. The Hall–Kier alpha value is -0.120. The van der Waals surface area contributed by atoms with Crippen LogP contribution in [-0.2, 0) is 4.74 Å². The van der Waals surface area contributed by atoms with Crippen molar-refractivity contribution < 1.29 is 9.84 Å². The van der Waals surface area contributed by atoms with Gasteiger partial charge < -0.3 is 15.2 Å². The summed E-state index contributed by atoms with van der Waals surface area (Å²) in [6, 6.07) is 0.138. The van der Waals surface area contributed by atoms with Gasteiger partial charge in [0.05, 0.1) is 18.8 Å². The summed E-state index contributed by atoms with van der Waals surface area (Å²) in [6.45, 7) is 1.33. The Bertz CT molecular complexity index is 87.1. The average molecular weight is 131 g/mol. The third-order valence-corrected chi connectivity index (χ3v) is 1.69. The standard InChI is InChI=1S/C6H13NO2/c1-7-5-4-9-3-2-6(5)8/h5-8H,2-4H2,1H3/t5-,6+/m0/s1. The maximum atomic E-state index is 9.23. The van der Waals surface area contributed by atoms with Crippen LogP contribution in [0, 0.1) is 0 Å². The Morgan fingerprint density at radius 2 is 2.44 bits per heavy atom. The van der Waals surface area contributed by atoms with E-state index in [-0.39, 0.29) is 12.1 Å². The molecule has 1 fully saturated rings. The molecule has 9 heavy (non-hydrogen) atoms. The number of ether oxygens (including phenoxy) is 1. The normalized spacial score (nSPS) is 36.7. The van der Waals surface area contributed by atoms with Crippen molar-refractivity contribution in [3.05, 3.63) is 0 Å².